The predicted molar refractivity (Wildman–Crippen MR) is 117 cm³/mol. The molecule has 0 aliphatic carbocycles. The first kappa shape index (κ1) is 20.9. The highest BCUT2D eigenvalue weighted by Gasteiger charge is 2.32. The van der Waals surface area contributed by atoms with Crippen LogP contribution in [0.25, 0.3) is 11.1 Å². The van der Waals surface area contributed by atoms with Crippen LogP contribution in [-0.4, -0.2) is 59.8 Å². The van der Waals surface area contributed by atoms with Crippen molar-refractivity contribution in [2.45, 2.75) is 18.9 Å². The molecule has 1 saturated heterocycles. The van der Waals surface area contributed by atoms with Gasteiger partial charge in [0.1, 0.15) is 30.5 Å². The van der Waals surface area contributed by atoms with Gasteiger partial charge in [0, 0.05) is 30.4 Å². The van der Waals surface area contributed by atoms with E-state index in [0.29, 0.717) is 54.3 Å². The van der Waals surface area contributed by atoms with Crippen molar-refractivity contribution < 1.29 is 23.3 Å². The van der Waals surface area contributed by atoms with Crippen molar-refractivity contribution in [3.63, 3.8) is 0 Å². The van der Waals surface area contributed by atoms with Crippen molar-refractivity contribution in [1.82, 2.24) is 15.0 Å². The smallest absolute Gasteiger partial charge is 0.414 e. The average molecular weight is 451 g/mol. The Labute approximate surface area is 189 Å². The first-order valence-electron chi connectivity index (χ1n) is 10.6. The highest BCUT2D eigenvalue weighted by atomic mass is 19.1. The Hall–Kier alpha value is -3.95. The lowest BCUT2D eigenvalue weighted by molar-refractivity contribution is 0.109. The zero-order valence-corrected chi connectivity index (χ0v) is 18.0. The van der Waals surface area contributed by atoms with E-state index in [2.05, 4.69) is 15.3 Å². The quantitative estimate of drug-likeness (QED) is 0.567. The summed E-state index contributed by atoms with van der Waals surface area (Å²) in [4.78, 5) is 25.3. The lowest BCUT2D eigenvalue weighted by atomic mass is 10.1. The van der Waals surface area contributed by atoms with Crippen LogP contribution in [0, 0.1) is 5.82 Å². The van der Waals surface area contributed by atoms with Crippen LogP contribution in [0.15, 0.2) is 58.5 Å². The standard InChI is InChI=1S/C23H22FN5O4/c1-28-9-11-32-27-22(28)21-7-2-15(13-25-21)19-6-4-17(12-20(19)24)29-14-18(33-23(29)30)5-3-16-8-10-31-26-16/h2,4,6-8,10,12-13,18H,3,5,9,11,14H2,1H3/t18-/m0/s1. The number of aryl methyl sites for hydroxylation is 1. The van der Waals surface area contributed by atoms with Gasteiger partial charge in [-0.15, -0.1) is 0 Å². The van der Waals surface area contributed by atoms with Crippen LogP contribution in [0.4, 0.5) is 14.9 Å². The van der Waals surface area contributed by atoms with Crippen LogP contribution in [0.5, 0.6) is 0 Å². The van der Waals surface area contributed by atoms with Gasteiger partial charge in [0.15, 0.2) is 5.84 Å². The van der Waals surface area contributed by atoms with Crippen molar-refractivity contribution in [2.24, 2.45) is 5.16 Å². The second kappa shape index (κ2) is 8.89. The van der Waals surface area contributed by atoms with Gasteiger partial charge in [-0.3, -0.25) is 9.88 Å². The van der Waals surface area contributed by atoms with Crippen LogP contribution < -0.4 is 4.90 Å². The number of oxime groups is 1. The van der Waals surface area contributed by atoms with Gasteiger partial charge in [0.2, 0.25) is 0 Å². The van der Waals surface area contributed by atoms with E-state index in [1.54, 1.807) is 36.5 Å². The molecule has 1 amide bonds. The van der Waals surface area contributed by atoms with Crippen molar-refractivity contribution in [3.05, 3.63) is 66.1 Å². The maximum Gasteiger partial charge on any atom is 0.414 e. The number of rotatable bonds is 6. The molecule has 0 radical (unpaired) electrons. The van der Waals surface area contributed by atoms with Crippen LogP contribution in [0.3, 0.4) is 0 Å². The normalized spacial score (nSPS) is 18.2. The third-order valence-corrected chi connectivity index (χ3v) is 5.69. The number of pyridine rings is 1. The van der Waals surface area contributed by atoms with E-state index in [9.17, 15) is 9.18 Å². The molecule has 1 aromatic carbocycles. The van der Waals surface area contributed by atoms with Gasteiger partial charge in [0.25, 0.3) is 0 Å². The topological polar surface area (TPSA) is 93.3 Å². The molecule has 0 N–H and O–H groups in total. The van der Waals surface area contributed by atoms with E-state index in [1.807, 2.05) is 11.9 Å². The summed E-state index contributed by atoms with van der Waals surface area (Å²) in [6.45, 7) is 1.60. The lowest BCUT2D eigenvalue weighted by Crippen LogP contribution is -2.34. The number of halogens is 1. The maximum absolute atomic E-state index is 15.0. The Kier molecular flexibility index (Phi) is 5.64. The Balaban J connectivity index is 1.28. The number of carbonyl (C=O) groups is 1. The minimum absolute atomic E-state index is 0.293. The molecule has 9 nitrogen and oxygen atoms in total. The van der Waals surface area contributed by atoms with Crippen LogP contribution in [0.2, 0.25) is 0 Å². The van der Waals surface area contributed by atoms with Gasteiger partial charge in [0.05, 0.1) is 24.5 Å². The van der Waals surface area contributed by atoms with E-state index in [4.69, 9.17) is 14.1 Å². The summed E-state index contributed by atoms with van der Waals surface area (Å²) in [5.41, 5.74) is 2.91. The van der Waals surface area contributed by atoms with E-state index < -0.39 is 11.9 Å². The number of nitrogens with zero attached hydrogens (tertiary/aromatic N) is 5. The molecule has 2 aromatic heterocycles. The van der Waals surface area contributed by atoms with E-state index in [-0.39, 0.29) is 6.10 Å². The monoisotopic (exact) mass is 451 g/mol. The molecule has 2 aliphatic rings. The molecule has 0 bridgehead atoms. The molecule has 1 atom stereocenters. The molecular weight excluding hydrogens is 429 g/mol. The van der Waals surface area contributed by atoms with E-state index in [1.165, 1.54) is 17.2 Å². The molecule has 170 valence electrons. The first-order valence-corrected chi connectivity index (χ1v) is 10.6. The highest BCUT2D eigenvalue weighted by molar-refractivity contribution is 5.97. The molecule has 0 unspecified atom stereocenters. The summed E-state index contributed by atoms with van der Waals surface area (Å²) in [6, 6.07) is 10.0. The summed E-state index contributed by atoms with van der Waals surface area (Å²) < 4.78 is 25.2. The van der Waals surface area contributed by atoms with Crippen molar-refractivity contribution in [2.75, 3.05) is 31.6 Å². The minimum atomic E-state index is -0.488. The molecule has 33 heavy (non-hydrogen) atoms. The van der Waals surface area contributed by atoms with Crippen molar-refractivity contribution in [3.8, 4) is 11.1 Å². The zero-order valence-electron chi connectivity index (χ0n) is 18.0. The Morgan fingerprint density at radius 2 is 2.12 bits per heavy atom. The van der Waals surface area contributed by atoms with Crippen LogP contribution in [0.1, 0.15) is 17.8 Å². The fraction of sp³-hybridized carbons (Fsp3) is 0.304. The molecule has 10 heteroatoms. The van der Waals surface area contributed by atoms with E-state index >= 15 is 0 Å². The molecular formula is C23H22FN5O4. The first-order chi connectivity index (χ1) is 16.1. The summed E-state index contributed by atoms with van der Waals surface area (Å²) in [5, 5.41) is 7.91. The van der Waals surface area contributed by atoms with Crippen molar-refractivity contribution >= 4 is 17.6 Å². The SMILES string of the molecule is CN1CCON=C1c1ccc(-c2ccc(N3C[C@H](CCc4ccon4)OC3=O)cc2F)cn1. The molecule has 0 spiro atoms. The van der Waals surface area contributed by atoms with Gasteiger partial charge < -0.3 is 19.0 Å². The number of cyclic esters (lactones) is 1. The largest absolute Gasteiger partial charge is 0.444 e. The minimum Gasteiger partial charge on any atom is -0.444 e. The number of hydrogen-bond donors (Lipinski definition) is 0. The van der Waals surface area contributed by atoms with Gasteiger partial charge in [-0.05, 0) is 37.1 Å². The lowest BCUT2D eigenvalue weighted by Gasteiger charge is -2.23. The number of ether oxygens (including phenoxy) is 1. The van der Waals surface area contributed by atoms with Gasteiger partial charge in [-0.1, -0.05) is 16.4 Å². The van der Waals surface area contributed by atoms with Gasteiger partial charge in [-0.2, -0.15) is 0 Å². The summed E-state index contributed by atoms with van der Waals surface area (Å²) in [5.74, 6) is 0.186. The molecule has 4 heterocycles. The highest BCUT2D eigenvalue weighted by Crippen LogP contribution is 2.29. The Morgan fingerprint density at radius 3 is 2.85 bits per heavy atom. The summed E-state index contributed by atoms with van der Waals surface area (Å²) in [7, 11) is 1.91. The summed E-state index contributed by atoms with van der Waals surface area (Å²) in [6.07, 6.45) is 3.57. The van der Waals surface area contributed by atoms with Crippen LogP contribution >= 0.6 is 0 Å². The number of amidine groups is 1. The van der Waals surface area contributed by atoms with Crippen molar-refractivity contribution in [1.29, 1.82) is 0 Å². The fourth-order valence-electron chi connectivity index (χ4n) is 3.85. The number of aromatic nitrogens is 2. The molecule has 0 saturated carbocycles. The number of carbonyl (C=O) groups excluding carboxylic acids is 1. The third kappa shape index (κ3) is 4.36. The average Bonchev–Trinajstić information content (AvgIpc) is 3.48. The number of likely N-dealkylation sites (N-methyl/N-ethyl adjacent to an activating group) is 1. The Morgan fingerprint density at radius 1 is 1.21 bits per heavy atom. The Bertz CT molecular complexity index is 1170. The van der Waals surface area contributed by atoms with Crippen LogP contribution in [-0.2, 0) is 16.0 Å². The predicted octanol–water partition coefficient (Wildman–Crippen LogP) is 3.46. The summed E-state index contributed by atoms with van der Waals surface area (Å²) >= 11 is 0. The van der Waals surface area contributed by atoms with Gasteiger partial charge >= 0.3 is 6.09 Å². The maximum atomic E-state index is 15.0. The molecule has 5 rings (SSSR count). The molecule has 3 aromatic rings. The fourth-order valence-corrected chi connectivity index (χ4v) is 3.85. The zero-order chi connectivity index (χ0) is 22.8. The number of amides is 1. The number of hydrogen-bond acceptors (Lipinski definition) is 8. The van der Waals surface area contributed by atoms with Gasteiger partial charge in [-0.25, -0.2) is 9.18 Å². The second-order valence-electron chi connectivity index (χ2n) is 7.91. The number of benzene rings is 1. The second-order valence-corrected chi connectivity index (χ2v) is 7.91. The molecule has 2 aliphatic heterocycles. The number of anilines is 1. The third-order valence-electron chi connectivity index (χ3n) is 5.69. The van der Waals surface area contributed by atoms with E-state index in [0.717, 1.165) is 12.2 Å². The molecule has 1 fully saturated rings.